The highest BCUT2D eigenvalue weighted by Gasteiger charge is 2.46. The van der Waals surface area contributed by atoms with Gasteiger partial charge in [0.25, 0.3) is 16.0 Å². The van der Waals surface area contributed by atoms with Crippen molar-refractivity contribution in [2.24, 2.45) is 5.92 Å². The normalized spacial score (nSPS) is 17.8. The second-order valence-corrected chi connectivity index (χ2v) is 5.50. The Morgan fingerprint density at radius 2 is 1.76 bits per heavy atom. The first-order valence-corrected chi connectivity index (χ1v) is 7.08. The minimum absolute atomic E-state index is 0.0428. The summed E-state index contributed by atoms with van der Waals surface area (Å²) in [6, 6.07) is 0. The number of ketones is 1. The summed E-state index contributed by atoms with van der Waals surface area (Å²) in [6.07, 6.45) is -1.79. The van der Waals surface area contributed by atoms with Crippen molar-refractivity contribution < 1.29 is 43.7 Å². The van der Waals surface area contributed by atoms with Gasteiger partial charge in [-0.05, 0) is 12.8 Å². The minimum atomic E-state index is -1.72. The first-order valence-electron chi connectivity index (χ1n) is 7.08. The molecule has 1 saturated heterocycles. The van der Waals surface area contributed by atoms with Crippen LogP contribution in [0.5, 0.6) is 0 Å². The number of nitrogens with zero attached hydrogens (tertiary/aromatic N) is 2. The van der Waals surface area contributed by atoms with Crippen molar-refractivity contribution in [2.75, 3.05) is 6.61 Å². The number of rotatable bonds is 10. The van der Waals surface area contributed by atoms with Crippen LogP contribution in [0.2, 0.25) is 0 Å². The highest BCUT2D eigenvalue weighted by molar-refractivity contribution is 6.15. The van der Waals surface area contributed by atoms with E-state index in [9.17, 15) is 34.6 Å². The van der Waals surface area contributed by atoms with Crippen LogP contribution in [-0.4, -0.2) is 46.4 Å². The number of hydrogen-bond acceptors (Lipinski definition) is 11. The molecule has 0 spiro atoms. The molecule has 140 valence electrons. The van der Waals surface area contributed by atoms with Crippen molar-refractivity contribution in [2.45, 2.75) is 45.0 Å². The number of hydrogen-bond donors (Lipinski definition) is 0. The standard InChI is InChI=1S/C12H16N2O11/c1-12(2)23-10(16)9(11(17)24-12)8(15)5-3-4-7(25-14(20)21)6-22-13(18)19/h7,9H,3-6H2,1-2H3. The summed E-state index contributed by atoms with van der Waals surface area (Å²) in [4.78, 5) is 64.1. The third-order valence-electron chi connectivity index (χ3n) is 3.04. The zero-order valence-corrected chi connectivity index (χ0v) is 13.4. The minimum Gasteiger partial charge on any atom is -0.422 e. The van der Waals surface area contributed by atoms with Gasteiger partial charge in [0.2, 0.25) is 5.92 Å². The van der Waals surface area contributed by atoms with E-state index in [1.807, 2.05) is 0 Å². The third-order valence-corrected chi connectivity index (χ3v) is 3.04. The summed E-state index contributed by atoms with van der Waals surface area (Å²) in [6.45, 7) is 1.96. The number of carbonyl (C=O) groups excluding carboxylic acids is 3. The number of esters is 2. The molecule has 1 rings (SSSR count). The lowest BCUT2D eigenvalue weighted by Crippen LogP contribution is -2.49. The number of carbonyl (C=O) groups is 3. The van der Waals surface area contributed by atoms with E-state index in [1.165, 1.54) is 13.8 Å². The lowest BCUT2D eigenvalue weighted by molar-refractivity contribution is -0.790. The van der Waals surface area contributed by atoms with Gasteiger partial charge in [0, 0.05) is 20.3 Å². The van der Waals surface area contributed by atoms with Crippen LogP contribution in [-0.2, 0) is 33.5 Å². The second kappa shape index (κ2) is 8.21. The van der Waals surface area contributed by atoms with Crippen molar-refractivity contribution >= 4 is 17.7 Å². The Morgan fingerprint density at radius 1 is 1.20 bits per heavy atom. The topological polar surface area (TPSA) is 174 Å². The summed E-state index contributed by atoms with van der Waals surface area (Å²) in [5, 5.41) is 18.1. The maximum absolute atomic E-state index is 12.0. The summed E-state index contributed by atoms with van der Waals surface area (Å²) >= 11 is 0. The van der Waals surface area contributed by atoms with Gasteiger partial charge in [-0.1, -0.05) is 0 Å². The molecule has 1 atom stereocenters. The highest BCUT2D eigenvalue weighted by atomic mass is 17.0. The molecule has 0 radical (unpaired) electrons. The largest absolute Gasteiger partial charge is 0.422 e. The SMILES string of the molecule is CC1(C)OC(=O)C(C(=O)CCCC(CO[N+](=O)[O-])O[N+](=O)[O-])C(=O)O1. The van der Waals surface area contributed by atoms with Crippen molar-refractivity contribution in [3.05, 3.63) is 20.2 Å². The molecular formula is C12H16N2O11. The molecule has 1 heterocycles. The van der Waals surface area contributed by atoms with Crippen LogP contribution in [0.15, 0.2) is 0 Å². The van der Waals surface area contributed by atoms with E-state index >= 15 is 0 Å². The van der Waals surface area contributed by atoms with Gasteiger partial charge in [0.1, 0.15) is 12.7 Å². The molecular weight excluding hydrogens is 348 g/mol. The molecule has 1 unspecified atom stereocenters. The van der Waals surface area contributed by atoms with Gasteiger partial charge in [-0.15, -0.1) is 20.2 Å². The van der Waals surface area contributed by atoms with Crippen LogP contribution >= 0.6 is 0 Å². The monoisotopic (exact) mass is 364 g/mol. The van der Waals surface area contributed by atoms with Crippen molar-refractivity contribution in [3.8, 4) is 0 Å². The van der Waals surface area contributed by atoms with E-state index in [0.717, 1.165) is 0 Å². The molecule has 1 aliphatic rings. The van der Waals surface area contributed by atoms with Crippen molar-refractivity contribution in [1.82, 2.24) is 0 Å². The zero-order chi connectivity index (χ0) is 19.2. The molecule has 1 aliphatic heterocycles. The fourth-order valence-electron chi connectivity index (χ4n) is 2.06. The first-order chi connectivity index (χ1) is 11.5. The Bertz CT molecular complexity index is 553. The summed E-state index contributed by atoms with van der Waals surface area (Å²) in [5.74, 6) is -6.06. The summed E-state index contributed by atoms with van der Waals surface area (Å²) < 4.78 is 9.62. The van der Waals surface area contributed by atoms with Gasteiger partial charge in [-0.25, -0.2) is 0 Å². The molecule has 13 heteroatoms. The smallest absolute Gasteiger partial charge is 0.331 e. The van der Waals surface area contributed by atoms with E-state index < -0.39 is 52.3 Å². The molecule has 0 saturated carbocycles. The van der Waals surface area contributed by atoms with Gasteiger partial charge in [0.05, 0.1) is 0 Å². The van der Waals surface area contributed by atoms with Gasteiger partial charge in [0.15, 0.2) is 5.78 Å². The maximum atomic E-state index is 12.0. The van der Waals surface area contributed by atoms with E-state index in [4.69, 9.17) is 9.47 Å². The summed E-state index contributed by atoms with van der Waals surface area (Å²) in [5.41, 5.74) is 0. The first kappa shape index (κ1) is 20.1. The average molecular weight is 364 g/mol. The molecule has 0 N–H and O–H groups in total. The van der Waals surface area contributed by atoms with Crippen LogP contribution in [0.25, 0.3) is 0 Å². The molecule has 0 aromatic rings. The lowest BCUT2D eigenvalue weighted by atomic mass is 9.97. The lowest BCUT2D eigenvalue weighted by Gasteiger charge is -2.32. The Labute approximate surface area is 140 Å². The Kier molecular flexibility index (Phi) is 6.59. The van der Waals surface area contributed by atoms with Crippen LogP contribution in [0.1, 0.15) is 33.1 Å². The molecule has 0 bridgehead atoms. The van der Waals surface area contributed by atoms with Crippen LogP contribution < -0.4 is 0 Å². The van der Waals surface area contributed by atoms with Crippen molar-refractivity contribution in [1.29, 1.82) is 0 Å². The number of cyclic esters (lactones) is 2. The van der Waals surface area contributed by atoms with Crippen LogP contribution in [0.4, 0.5) is 0 Å². The van der Waals surface area contributed by atoms with Crippen molar-refractivity contribution in [3.63, 3.8) is 0 Å². The predicted octanol–water partition coefficient (Wildman–Crippen LogP) is -0.0367. The molecule has 0 aromatic carbocycles. The predicted molar refractivity (Wildman–Crippen MR) is 73.4 cm³/mol. The van der Waals surface area contributed by atoms with Gasteiger partial charge < -0.3 is 19.1 Å². The van der Waals surface area contributed by atoms with Gasteiger partial charge >= 0.3 is 11.9 Å². The van der Waals surface area contributed by atoms with E-state index in [1.54, 1.807) is 0 Å². The third kappa shape index (κ3) is 6.56. The quantitative estimate of drug-likeness (QED) is 0.220. The number of ether oxygens (including phenoxy) is 2. The van der Waals surface area contributed by atoms with Gasteiger partial charge in [-0.2, -0.15) is 0 Å². The van der Waals surface area contributed by atoms with Crippen LogP contribution in [0, 0.1) is 26.1 Å². The molecule has 25 heavy (non-hydrogen) atoms. The summed E-state index contributed by atoms with van der Waals surface area (Å²) in [7, 11) is 0. The molecule has 13 nitrogen and oxygen atoms in total. The maximum Gasteiger partial charge on any atom is 0.331 e. The highest BCUT2D eigenvalue weighted by Crippen LogP contribution is 2.25. The average Bonchev–Trinajstić information content (AvgIpc) is 2.41. The fraction of sp³-hybridized carbons (Fsp3) is 0.750. The Morgan fingerprint density at radius 3 is 2.24 bits per heavy atom. The molecule has 1 fully saturated rings. The fourth-order valence-corrected chi connectivity index (χ4v) is 2.06. The second-order valence-electron chi connectivity index (χ2n) is 5.50. The Balaban J connectivity index is 2.53. The van der Waals surface area contributed by atoms with Gasteiger partial charge in [-0.3, -0.25) is 14.4 Å². The molecule has 0 amide bonds. The van der Waals surface area contributed by atoms with E-state index in [0.29, 0.717) is 0 Å². The van der Waals surface area contributed by atoms with E-state index in [2.05, 4.69) is 9.68 Å². The van der Waals surface area contributed by atoms with Crippen LogP contribution in [0.3, 0.4) is 0 Å². The molecule has 0 aliphatic carbocycles. The molecule has 0 aromatic heterocycles. The number of Topliss-reactive ketones (excluding diaryl/α,β-unsaturated/α-hetero) is 1. The Hall–Kier alpha value is -2.99. The zero-order valence-electron chi connectivity index (χ0n) is 13.4. The van der Waals surface area contributed by atoms with E-state index in [-0.39, 0.29) is 19.3 Å².